The Kier molecular flexibility index (Phi) is 6.42. The highest BCUT2D eigenvalue weighted by Crippen LogP contribution is 2.28. The Bertz CT molecular complexity index is 1090. The average molecular weight is 445 g/mol. The van der Waals surface area contributed by atoms with E-state index in [4.69, 9.17) is 9.15 Å². The van der Waals surface area contributed by atoms with Gasteiger partial charge >= 0.3 is 6.61 Å². The van der Waals surface area contributed by atoms with E-state index in [9.17, 15) is 31.1 Å². The van der Waals surface area contributed by atoms with Gasteiger partial charge in [-0.2, -0.15) is 17.6 Å². The van der Waals surface area contributed by atoms with E-state index in [1.54, 1.807) is 6.92 Å². The lowest BCUT2D eigenvalue weighted by Gasteiger charge is -2.10. The lowest BCUT2D eigenvalue weighted by molar-refractivity contribution is -0.0498. The van der Waals surface area contributed by atoms with Crippen molar-refractivity contribution < 1.29 is 45.0 Å². The van der Waals surface area contributed by atoms with Crippen molar-refractivity contribution in [3.8, 4) is 11.5 Å². The number of hydrogen-bond donors (Lipinski definition) is 1. The van der Waals surface area contributed by atoms with Gasteiger partial charge < -0.3 is 19.2 Å². The van der Waals surface area contributed by atoms with Crippen LogP contribution in [0, 0.1) is 30.2 Å². The van der Waals surface area contributed by atoms with Crippen LogP contribution < -0.4 is 14.8 Å². The first-order valence-electron chi connectivity index (χ1n) is 8.57. The number of aryl methyl sites for hydroxylation is 1. The Morgan fingerprint density at radius 1 is 1.03 bits per heavy atom. The lowest BCUT2D eigenvalue weighted by atomic mass is 10.2. The Hall–Kier alpha value is -3.63. The molecule has 0 saturated carbocycles. The summed E-state index contributed by atoms with van der Waals surface area (Å²) in [5.41, 5.74) is 0.723. The van der Waals surface area contributed by atoms with Crippen LogP contribution in [0.3, 0.4) is 0 Å². The van der Waals surface area contributed by atoms with Crippen LogP contribution in [0.15, 0.2) is 40.8 Å². The van der Waals surface area contributed by atoms with Gasteiger partial charge in [0.1, 0.15) is 18.1 Å². The normalized spacial score (nSPS) is 11.0. The quantitative estimate of drug-likeness (QED) is 0.381. The molecule has 31 heavy (non-hydrogen) atoms. The van der Waals surface area contributed by atoms with Gasteiger partial charge in [0.2, 0.25) is 11.6 Å². The maximum absolute atomic E-state index is 13.6. The summed E-state index contributed by atoms with van der Waals surface area (Å²) in [4.78, 5) is 12.3. The Morgan fingerprint density at radius 3 is 2.32 bits per heavy atom. The minimum atomic E-state index is -2.99. The monoisotopic (exact) mass is 445 g/mol. The first-order chi connectivity index (χ1) is 14.7. The number of ether oxygens (including phenoxy) is 2. The third kappa shape index (κ3) is 5.11. The summed E-state index contributed by atoms with van der Waals surface area (Å²) in [6.45, 7) is -2.06. The zero-order valence-electron chi connectivity index (χ0n) is 15.6. The minimum absolute atomic E-state index is 0.0427. The van der Waals surface area contributed by atoms with Crippen LogP contribution in [-0.4, -0.2) is 12.5 Å². The van der Waals surface area contributed by atoms with E-state index in [1.807, 2.05) is 0 Å². The van der Waals surface area contributed by atoms with Crippen LogP contribution in [0.25, 0.3) is 0 Å². The van der Waals surface area contributed by atoms with Gasteiger partial charge in [-0.25, -0.2) is 8.78 Å². The molecule has 0 spiro atoms. The fraction of sp³-hybridized carbons (Fsp3) is 0.150. The summed E-state index contributed by atoms with van der Waals surface area (Å²) in [6, 6.07) is 6.41. The van der Waals surface area contributed by atoms with Gasteiger partial charge in [-0.1, -0.05) is 0 Å². The molecule has 1 amide bonds. The summed E-state index contributed by atoms with van der Waals surface area (Å²) in [6.07, 6.45) is 0. The zero-order valence-corrected chi connectivity index (χ0v) is 15.6. The number of alkyl halides is 2. The highest BCUT2D eigenvalue weighted by atomic mass is 19.3. The number of carbonyl (C=O) groups excluding carboxylic acids is 1. The summed E-state index contributed by atoms with van der Waals surface area (Å²) in [7, 11) is 0. The molecule has 3 aromatic rings. The van der Waals surface area contributed by atoms with Crippen molar-refractivity contribution in [2.45, 2.75) is 20.1 Å². The van der Waals surface area contributed by atoms with Gasteiger partial charge in [-0.05, 0) is 42.8 Å². The van der Waals surface area contributed by atoms with Crippen LogP contribution in [0.5, 0.6) is 11.5 Å². The number of hydrogen-bond acceptors (Lipinski definition) is 4. The number of furan rings is 1. The third-order valence-corrected chi connectivity index (χ3v) is 3.99. The summed E-state index contributed by atoms with van der Waals surface area (Å²) in [5, 5.41) is 2.49. The molecule has 1 heterocycles. The van der Waals surface area contributed by atoms with Gasteiger partial charge in [0.15, 0.2) is 23.1 Å². The standard InChI is InChI=1S/C20H13F6NO4/c1-9-6-10(31-20(25)26)2-4-14(9)27-19(28)15-5-3-11(30-15)8-29-18-16(23)12(21)7-13(22)17(18)24/h2-7,20H,8H2,1H3,(H,27,28). The predicted molar refractivity (Wildman–Crippen MR) is 95.1 cm³/mol. The highest BCUT2D eigenvalue weighted by Gasteiger charge is 2.21. The second-order valence-electron chi connectivity index (χ2n) is 6.16. The van der Waals surface area contributed by atoms with Crippen molar-refractivity contribution in [3.63, 3.8) is 0 Å². The molecule has 0 aliphatic carbocycles. The van der Waals surface area contributed by atoms with Crippen molar-refractivity contribution in [1.29, 1.82) is 0 Å². The molecule has 2 aromatic carbocycles. The third-order valence-electron chi connectivity index (χ3n) is 3.99. The highest BCUT2D eigenvalue weighted by molar-refractivity contribution is 6.02. The van der Waals surface area contributed by atoms with Crippen LogP contribution in [0.2, 0.25) is 0 Å². The van der Waals surface area contributed by atoms with E-state index in [-0.39, 0.29) is 23.3 Å². The van der Waals surface area contributed by atoms with Gasteiger partial charge in [0.25, 0.3) is 5.91 Å². The largest absolute Gasteiger partial charge is 0.479 e. The van der Waals surface area contributed by atoms with Gasteiger partial charge in [0.05, 0.1) is 0 Å². The van der Waals surface area contributed by atoms with Crippen LogP contribution >= 0.6 is 0 Å². The van der Waals surface area contributed by atoms with Crippen molar-refractivity contribution in [2.75, 3.05) is 5.32 Å². The maximum Gasteiger partial charge on any atom is 0.387 e. The van der Waals surface area contributed by atoms with E-state index in [0.29, 0.717) is 11.3 Å². The molecule has 0 atom stereocenters. The molecular formula is C20H13F6NO4. The number of amides is 1. The SMILES string of the molecule is Cc1cc(OC(F)F)ccc1NC(=O)c1ccc(COc2c(F)c(F)cc(F)c2F)o1. The van der Waals surface area contributed by atoms with E-state index < -0.39 is 48.1 Å². The maximum atomic E-state index is 13.6. The Morgan fingerprint density at radius 2 is 1.71 bits per heavy atom. The second-order valence-corrected chi connectivity index (χ2v) is 6.16. The molecule has 1 N–H and O–H groups in total. The summed E-state index contributed by atoms with van der Waals surface area (Å²) >= 11 is 0. The number of rotatable bonds is 7. The molecule has 11 heteroatoms. The smallest absolute Gasteiger partial charge is 0.387 e. The second kappa shape index (κ2) is 9.02. The summed E-state index contributed by atoms with van der Waals surface area (Å²) < 4.78 is 92.3. The first kappa shape index (κ1) is 22.1. The molecule has 0 aliphatic rings. The molecular weight excluding hydrogens is 432 g/mol. The van der Waals surface area contributed by atoms with Gasteiger partial charge in [-0.15, -0.1) is 0 Å². The topological polar surface area (TPSA) is 60.7 Å². The Balaban J connectivity index is 1.67. The lowest BCUT2D eigenvalue weighted by Crippen LogP contribution is -2.12. The zero-order chi connectivity index (χ0) is 22.7. The molecule has 0 saturated heterocycles. The molecule has 0 radical (unpaired) electrons. The van der Waals surface area contributed by atoms with Crippen molar-refractivity contribution >= 4 is 11.6 Å². The number of nitrogens with one attached hydrogen (secondary N) is 1. The number of anilines is 1. The number of carbonyl (C=O) groups is 1. The van der Waals surface area contributed by atoms with Gasteiger partial charge in [0, 0.05) is 11.8 Å². The molecule has 5 nitrogen and oxygen atoms in total. The Labute approximate surface area is 171 Å². The van der Waals surface area contributed by atoms with Crippen molar-refractivity contribution in [2.24, 2.45) is 0 Å². The molecule has 0 fully saturated rings. The first-order valence-corrected chi connectivity index (χ1v) is 8.57. The number of halogens is 6. The molecule has 0 unspecified atom stereocenters. The summed E-state index contributed by atoms with van der Waals surface area (Å²) in [5.74, 6) is -9.02. The van der Waals surface area contributed by atoms with E-state index in [2.05, 4.69) is 10.1 Å². The molecule has 1 aromatic heterocycles. The van der Waals surface area contributed by atoms with E-state index in [1.165, 1.54) is 30.3 Å². The van der Waals surface area contributed by atoms with Crippen LogP contribution in [0.1, 0.15) is 21.9 Å². The fourth-order valence-corrected chi connectivity index (χ4v) is 2.54. The number of benzene rings is 2. The molecule has 0 bridgehead atoms. The molecule has 0 aliphatic heterocycles. The minimum Gasteiger partial charge on any atom is -0.479 e. The molecule has 3 rings (SSSR count). The van der Waals surface area contributed by atoms with Crippen LogP contribution in [-0.2, 0) is 6.61 Å². The van der Waals surface area contributed by atoms with Crippen molar-refractivity contribution in [3.05, 3.63) is 76.8 Å². The van der Waals surface area contributed by atoms with Gasteiger partial charge in [-0.3, -0.25) is 4.79 Å². The average Bonchev–Trinajstić information content (AvgIpc) is 3.17. The van der Waals surface area contributed by atoms with E-state index in [0.717, 1.165) is 0 Å². The molecule has 164 valence electrons. The van der Waals surface area contributed by atoms with Crippen molar-refractivity contribution in [1.82, 2.24) is 0 Å². The fourth-order valence-electron chi connectivity index (χ4n) is 2.54. The predicted octanol–water partition coefficient (Wildman–Crippen LogP) is 5.58. The van der Waals surface area contributed by atoms with Crippen LogP contribution in [0.4, 0.5) is 32.0 Å². The van der Waals surface area contributed by atoms with E-state index >= 15 is 0 Å².